The summed E-state index contributed by atoms with van der Waals surface area (Å²) in [6, 6.07) is 15.8. The van der Waals surface area contributed by atoms with Gasteiger partial charge in [0, 0.05) is 11.9 Å². The first-order valence-corrected chi connectivity index (χ1v) is 7.69. The van der Waals surface area contributed by atoms with Crippen LogP contribution in [-0.4, -0.2) is 21.8 Å². The summed E-state index contributed by atoms with van der Waals surface area (Å²) in [6.45, 7) is 0. The highest BCUT2D eigenvalue weighted by molar-refractivity contribution is 7.71. The van der Waals surface area contributed by atoms with Crippen molar-refractivity contribution in [2.24, 2.45) is 0 Å². The van der Waals surface area contributed by atoms with Gasteiger partial charge in [-0.05, 0) is 48.1 Å². The van der Waals surface area contributed by atoms with Crippen molar-refractivity contribution in [1.82, 2.24) is 9.97 Å². The molecular weight excluding hydrogens is 322 g/mol. The van der Waals surface area contributed by atoms with Crippen LogP contribution in [0.5, 0.6) is 0 Å². The number of carbonyl (C=O) groups is 2. The molecule has 2 amide bonds. The molecule has 3 aromatic rings. The molecular formula is C18H11N3O2S. The van der Waals surface area contributed by atoms with Crippen LogP contribution in [0, 0.1) is 4.77 Å². The Balaban J connectivity index is 1.71. The summed E-state index contributed by atoms with van der Waals surface area (Å²) in [4.78, 5) is 33.1. The summed E-state index contributed by atoms with van der Waals surface area (Å²) >= 11 is 5.02. The minimum Gasteiger partial charge on any atom is -0.330 e. The third kappa shape index (κ3) is 2.24. The van der Waals surface area contributed by atoms with Crippen molar-refractivity contribution in [2.75, 3.05) is 4.90 Å². The van der Waals surface area contributed by atoms with Crippen molar-refractivity contribution in [3.63, 3.8) is 0 Å². The van der Waals surface area contributed by atoms with Crippen molar-refractivity contribution in [3.05, 3.63) is 76.7 Å². The lowest BCUT2D eigenvalue weighted by atomic mass is 10.1. The van der Waals surface area contributed by atoms with Crippen LogP contribution in [0.3, 0.4) is 0 Å². The van der Waals surface area contributed by atoms with Crippen LogP contribution in [0.1, 0.15) is 20.7 Å². The van der Waals surface area contributed by atoms with Crippen molar-refractivity contribution in [2.45, 2.75) is 0 Å². The van der Waals surface area contributed by atoms with E-state index in [9.17, 15) is 9.59 Å². The fourth-order valence-electron chi connectivity index (χ4n) is 2.75. The molecule has 0 saturated carbocycles. The molecule has 4 rings (SSSR count). The molecule has 1 aliphatic heterocycles. The molecule has 2 aromatic carbocycles. The van der Waals surface area contributed by atoms with Gasteiger partial charge in [0.05, 0.1) is 16.8 Å². The quantitative estimate of drug-likeness (QED) is 0.575. The Morgan fingerprint density at radius 1 is 0.875 bits per heavy atom. The average Bonchev–Trinajstić information content (AvgIpc) is 2.87. The molecule has 2 heterocycles. The first-order valence-electron chi connectivity index (χ1n) is 7.29. The number of carbonyl (C=O) groups excluding carboxylic acids is 2. The first-order chi connectivity index (χ1) is 11.6. The molecule has 1 aliphatic rings. The first kappa shape index (κ1) is 14.5. The third-order valence-electron chi connectivity index (χ3n) is 3.91. The van der Waals surface area contributed by atoms with Crippen molar-refractivity contribution in [1.29, 1.82) is 0 Å². The van der Waals surface area contributed by atoms with E-state index in [1.807, 2.05) is 18.2 Å². The number of imide groups is 1. The van der Waals surface area contributed by atoms with Gasteiger partial charge < -0.3 is 4.98 Å². The van der Waals surface area contributed by atoms with E-state index in [4.69, 9.17) is 12.2 Å². The number of rotatable bonds is 2. The Morgan fingerprint density at radius 3 is 2.08 bits per heavy atom. The van der Waals surface area contributed by atoms with E-state index >= 15 is 0 Å². The Morgan fingerprint density at radius 2 is 1.50 bits per heavy atom. The zero-order valence-electron chi connectivity index (χ0n) is 12.4. The number of hydrogen-bond donors (Lipinski definition) is 1. The monoisotopic (exact) mass is 333 g/mol. The molecule has 6 heteroatoms. The van der Waals surface area contributed by atoms with E-state index in [2.05, 4.69) is 9.97 Å². The average molecular weight is 333 g/mol. The smallest absolute Gasteiger partial charge is 0.266 e. The van der Waals surface area contributed by atoms with Gasteiger partial charge in [0.2, 0.25) is 0 Å². The van der Waals surface area contributed by atoms with Crippen molar-refractivity contribution >= 4 is 29.7 Å². The van der Waals surface area contributed by atoms with Crippen LogP contribution < -0.4 is 4.90 Å². The molecule has 0 radical (unpaired) electrons. The zero-order chi connectivity index (χ0) is 16.7. The summed E-state index contributed by atoms with van der Waals surface area (Å²) in [5, 5.41) is 0. The van der Waals surface area contributed by atoms with Crippen LogP contribution in [-0.2, 0) is 0 Å². The fraction of sp³-hybridized carbons (Fsp3) is 0. The second-order valence-corrected chi connectivity index (χ2v) is 5.71. The normalized spacial score (nSPS) is 13.2. The van der Waals surface area contributed by atoms with Gasteiger partial charge in [-0.2, -0.15) is 0 Å². The maximum absolute atomic E-state index is 12.5. The molecule has 0 aliphatic carbocycles. The Hall–Kier alpha value is -3.12. The van der Waals surface area contributed by atoms with Crippen LogP contribution in [0.15, 0.2) is 60.8 Å². The summed E-state index contributed by atoms with van der Waals surface area (Å²) in [6.07, 6.45) is 1.63. The van der Waals surface area contributed by atoms with Gasteiger partial charge >= 0.3 is 0 Å². The number of benzene rings is 2. The lowest BCUT2D eigenvalue weighted by Gasteiger charge is -2.14. The SMILES string of the molecule is O=C1c2ccccc2C(=O)N1c1ccc(-c2ccnc(=S)[nH]2)cc1. The number of fused-ring (bicyclic) bond motifs is 1. The molecule has 0 fully saturated rings. The van der Waals surface area contributed by atoms with E-state index in [1.165, 1.54) is 4.90 Å². The number of nitrogens with one attached hydrogen (secondary N) is 1. The van der Waals surface area contributed by atoms with Crippen LogP contribution in [0.2, 0.25) is 0 Å². The van der Waals surface area contributed by atoms with E-state index in [-0.39, 0.29) is 11.8 Å². The van der Waals surface area contributed by atoms with Gasteiger partial charge in [0.25, 0.3) is 11.8 Å². The molecule has 1 N–H and O–H groups in total. The molecule has 5 nitrogen and oxygen atoms in total. The molecule has 0 bridgehead atoms. The zero-order valence-corrected chi connectivity index (χ0v) is 13.2. The van der Waals surface area contributed by atoms with Gasteiger partial charge in [-0.15, -0.1) is 0 Å². The number of aromatic nitrogens is 2. The number of amides is 2. The molecule has 24 heavy (non-hydrogen) atoms. The van der Waals surface area contributed by atoms with Gasteiger partial charge in [-0.25, -0.2) is 9.88 Å². The van der Waals surface area contributed by atoms with Crippen LogP contribution in [0.25, 0.3) is 11.3 Å². The Bertz CT molecular complexity index is 990. The predicted molar refractivity (Wildman–Crippen MR) is 92.4 cm³/mol. The van der Waals surface area contributed by atoms with Gasteiger partial charge in [-0.1, -0.05) is 24.3 Å². The lowest BCUT2D eigenvalue weighted by molar-refractivity contribution is 0.0926. The van der Waals surface area contributed by atoms with Crippen LogP contribution in [0.4, 0.5) is 5.69 Å². The van der Waals surface area contributed by atoms with Crippen molar-refractivity contribution in [3.8, 4) is 11.3 Å². The topological polar surface area (TPSA) is 66.1 Å². The maximum atomic E-state index is 12.5. The standard InChI is InChI=1S/C18H11N3O2S/c22-16-13-3-1-2-4-14(13)17(23)21(16)12-7-5-11(6-8-12)15-9-10-19-18(24)20-15/h1-10H,(H,19,20,24). The summed E-state index contributed by atoms with van der Waals surface area (Å²) in [7, 11) is 0. The highest BCUT2D eigenvalue weighted by atomic mass is 32.1. The highest BCUT2D eigenvalue weighted by Gasteiger charge is 2.36. The Labute approximate surface area is 142 Å². The van der Waals surface area contributed by atoms with E-state index in [0.29, 0.717) is 21.6 Å². The minimum atomic E-state index is -0.299. The van der Waals surface area contributed by atoms with E-state index < -0.39 is 0 Å². The minimum absolute atomic E-state index is 0.299. The van der Waals surface area contributed by atoms with Gasteiger partial charge in [-0.3, -0.25) is 9.59 Å². The number of anilines is 1. The second-order valence-electron chi connectivity index (χ2n) is 5.33. The number of nitrogens with zero attached hydrogens (tertiary/aromatic N) is 2. The Kier molecular flexibility index (Phi) is 3.32. The van der Waals surface area contributed by atoms with Crippen LogP contribution >= 0.6 is 12.2 Å². The molecule has 1 aromatic heterocycles. The number of aromatic amines is 1. The van der Waals surface area contributed by atoms with Crippen molar-refractivity contribution < 1.29 is 9.59 Å². The third-order valence-corrected chi connectivity index (χ3v) is 4.11. The van der Waals surface area contributed by atoms with Gasteiger partial charge in [0.1, 0.15) is 0 Å². The molecule has 116 valence electrons. The number of hydrogen-bond acceptors (Lipinski definition) is 4. The molecule has 0 spiro atoms. The molecule has 0 unspecified atom stereocenters. The largest absolute Gasteiger partial charge is 0.330 e. The summed E-state index contributed by atoms with van der Waals surface area (Å²) in [5.74, 6) is -0.599. The van der Waals surface area contributed by atoms with E-state index in [1.54, 1.807) is 42.6 Å². The summed E-state index contributed by atoms with van der Waals surface area (Å²) < 4.78 is 0.400. The highest BCUT2D eigenvalue weighted by Crippen LogP contribution is 2.29. The number of H-pyrrole nitrogens is 1. The maximum Gasteiger partial charge on any atom is 0.266 e. The second kappa shape index (κ2) is 5.50. The lowest BCUT2D eigenvalue weighted by Crippen LogP contribution is -2.29. The fourth-order valence-corrected chi connectivity index (χ4v) is 2.92. The predicted octanol–water partition coefficient (Wildman–Crippen LogP) is 3.61. The van der Waals surface area contributed by atoms with E-state index in [0.717, 1.165) is 11.3 Å². The molecule has 0 atom stereocenters. The molecule has 0 saturated heterocycles. The van der Waals surface area contributed by atoms with Gasteiger partial charge in [0.15, 0.2) is 4.77 Å². The summed E-state index contributed by atoms with van der Waals surface area (Å²) in [5.41, 5.74) is 3.12.